The Morgan fingerprint density at radius 1 is 1.67 bits per heavy atom. The Balaban J connectivity index is 4.81. The topological polar surface area (TPSA) is 86.5 Å². The average Bonchev–Trinajstić information content (AvgIpc) is 2.17. The van der Waals surface area contributed by atoms with Crippen LogP contribution in [0.15, 0.2) is 0 Å². The van der Waals surface area contributed by atoms with Gasteiger partial charge < -0.3 is 9.53 Å². The van der Waals surface area contributed by atoms with Crippen LogP contribution in [0.3, 0.4) is 0 Å². The van der Waals surface area contributed by atoms with Crippen molar-refractivity contribution < 1.29 is 19.2 Å². The van der Waals surface area contributed by atoms with Gasteiger partial charge in [0.05, 0.1) is 6.61 Å². The highest BCUT2D eigenvalue weighted by atomic mass is 16.6. The van der Waals surface area contributed by atoms with Gasteiger partial charge in [-0.15, -0.1) is 0 Å². The summed E-state index contributed by atoms with van der Waals surface area (Å²) < 4.78 is 4.62. The fourth-order valence-corrected chi connectivity index (χ4v) is 1.19. The zero-order valence-corrected chi connectivity index (χ0v) is 9.06. The van der Waals surface area contributed by atoms with Crippen LogP contribution < -0.4 is 0 Å². The van der Waals surface area contributed by atoms with Gasteiger partial charge in [0.1, 0.15) is 6.29 Å². The first-order valence-corrected chi connectivity index (χ1v) is 4.65. The van der Waals surface area contributed by atoms with E-state index in [0.29, 0.717) is 6.29 Å². The van der Waals surface area contributed by atoms with Crippen molar-refractivity contribution in [3.8, 4) is 0 Å². The zero-order chi connectivity index (χ0) is 12.1. The Morgan fingerprint density at radius 2 is 2.20 bits per heavy atom. The molecule has 2 atom stereocenters. The third-order valence-corrected chi connectivity index (χ3v) is 2.07. The number of aldehydes is 1. The number of hydrogen-bond donors (Lipinski definition) is 0. The predicted octanol–water partition coefficient (Wildman–Crippen LogP) is 0.810. The summed E-state index contributed by atoms with van der Waals surface area (Å²) in [7, 11) is 0. The SMILES string of the molecule is CCOC(=O)[C@](C)(C[C@@H](C)C=O)[N+](=O)[O-]. The maximum absolute atomic E-state index is 11.4. The molecule has 86 valence electrons. The van der Waals surface area contributed by atoms with Crippen LogP contribution in [0.25, 0.3) is 0 Å². The molecule has 0 aromatic rings. The standard InChI is InChI=1S/C9H15NO5/c1-4-15-8(12)9(3,10(13)14)5-7(2)6-11/h6-7H,4-5H2,1-3H3/t7-,9+/m1/s1. The molecule has 0 amide bonds. The molecular formula is C9H15NO5. The second-order valence-electron chi connectivity index (χ2n) is 3.57. The van der Waals surface area contributed by atoms with Gasteiger partial charge in [0.15, 0.2) is 0 Å². The lowest BCUT2D eigenvalue weighted by Crippen LogP contribution is -2.46. The number of ether oxygens (including phenoxy) is 1. The smallest absolute Gasteiger partial charge is 0.384 e. The molecule has 0 unspecified atom stereocenters. The molecule has 0 fully saturated rings. The molecule has 0 N–H and O–H groups in total. The first-order valence-electron chi connectivity index (χ1n) is 4.65. The molecule has 0 heterocycles. The highest BCUT2D eigenvalue weighted by Crippen LogP contribution is 2.21. The molecule has 0 aliphatic heterocycles. The van der Waals surface area contributed by atoms with Gasteiger partial charge >= 0.3 is 11.5 Å². The molecule has 0 spiro atoms. The molecule has 0 radical (unpaired) electrons. The number of esters is 1. The van der Waals surface area contributed by atoms with Gasteiger partial charge in [-0.25, -0.2) is 4.79 Å². The number of carbonyl (C=O) groups is 2. The summed E-state index contributed by atoms with van der Waals surface area (Å²) in [6, 6.07) is 0. The van der Waals surface area contributed by atoms with Crippen LogP contribution >= 0.6 is 0 Å². The molecule has 0 aromatic heterocycles. The fourth-order valence-electron chi connectivity index (χ4n) is 1.19. The molecule has 0 aliphatic carbocycles. The third-order valence-electron chi connectivity index (χ3n) is 2.07. The van der Waals surface area contributed by atoms with Crippen LogP contribution in [-0.4, -0.2) is 29.3 Å². The van der Waals surface area contributed by atoms with Crippen LogP contribution in [0.4, 0.5) is 0 Å². The average molecular weight is 217 g/mol. The lowest BCUT2D eigenvalue weighted by Gasteiger charge is -2.19. The van der Waals surface area contributed by atoms with E-state index >= 15 is 0 Å². The molecule has 0 aliphatic rings. The number of carbonyl (C=O) groups excluding carboxylic acids is 2. The van der Waals surface area contributed by atoms with Crippen molar-refractivity contribution in [2.45, 2.75) is 32.7 Å². The van der Waals surface area contributed by atoms with Gasteiger partial charge in [-0.2, -0.15) is 0 Å². The second-order valence-corrected chi connectivity index (χ2v) is 3.57. The van der Waals surface area contributed by atoms with E-state index in [4.69, 9.17) is 0 Å². The summed E-state index contributed by atoms with van der Waals surface area (Å²) in [5.41, 5.74) is -1.84. The van der Waals surface area contributed by atoms with E-state index in [9.17, 15) is 19.7 Å². The molecule has 0 bridgehead atoms. The van der Waals surface area contributed by atoms with Gasteiger partial charge in [0.25, 0.3) is 0 Å². The molecule has 0 aromatic carbocycles. The summed E-state index contributed by atoms with van der Waals surface area (Å²) in [6.07, 6.45) is 0.434. The molecule has 0 saturated carbocycles. The molecule has 0 saturated heterocycles. The first-order chi connectivity index (χ1) is 6.88. The van der Waals surface area contributed by atoms with Crippen molar-refractivity contribution in [3.63, 3.8) is 0 Å². The maximum Gasteiger partial charge on any atom is 0.384 e. The van der Waals surface area contributed by atoms with Crippen molar-refractivity contribution in [1.29, 1.82) is 0 Å². The normalized spacial score (nSPS) is 16.2. The van der Waals surface area contributed by atoms with Gasteiger partial charge in [-0.05, 0) is 6.92 Å². The van der Waals surface area contributed by atoms with Crippen LogP contribution in [-0.2, 0) is 14.3 Å². The maximum atomic E-state index is 11.4. The Morgan fingerprint density at radius 3 is 2.53 bits per heavy atom. The third kappa shape index (κ3) is 3.30. The summed E-state index contributed by atoms with van der Waals surface area (Å²) >= 11 is 0. The summed E-state index contributed by atoms with van der Waals surface area (Å²) in [6.45, 7) is 4.35. The van der Waals surface area contributed by atoms with Crippen LogP contribution in [0.2, 0.25) is 0 Å². The fraction of sp³-hybridized carbons (Fsp3) is 0.778. The summed E-state index contributed by atoms with van der Waals surface area (Å²) in [4.78, 5) is 31.9. The first kappa shape index (κ1) is 13.5. The largest absolute Gasteiger partial charge is 0.461 e. The van der Waals surface area contributed by atoms with Gasteiger partial charge in [0.2, 0.25) is 0 Å². The Bertz CT molecular complexity index is 265. The van der Waals surface area contributed by atoms with E-state index in [1.54, 1.807) is 6.92 Å². The van der Waals surface area contributed by atoms with E-state index in [2.05, 4.69) is 4.74 Å². The number of nitro groups is 1. The van der Waals surface area contributed by atoms with E-state index < -0.39 is 22.3 Å². The second kappa shape index (κ2) is 5.43. The Hall–Kier alpha value is -1.46. The van der Waals surface area contributed by atoms with E-state index in [1.807, 2.05) is 0 Å². The Kier molecular flexibility index (Phi) is 4.90. The van der Waals surface area contributed by atoms with E-state index in [0.717, 1.165) is 0 Å². The number of hydrogen-bond acceptors (Lipinski definition) is 5. The quantitative estimate of drug-likeness (QED) is 0.284. The van der Waals surface area contributed by atoms with Crippen molar-refractivity contribution in [2.24, 2.45) is 5.92 Å². The molecule has 0 rings (SSSR count). The highest BCUT2D eigenvalue weighted by Gasteiger charge is 2.48. The zero-order valence-electron chi connectivity index (χ0n) is 9.06. The number of nitrogens with zero attached hydrogens (tertiary/aromatic N) is 1. The van der Waals surface area contributed by atoms with Gasteiger partial charge in [-0.1, -0.05) is 6.92 Å². The predicted molar refractivity (Wildman–Crippen MR) is 51.9 cm³/mol. The minimum Gasteiger partial charge on any atom is -0.461 e. The summed E-state index contributed by atoms with van der Waals surface area (Å²) in [5.74, 6) is -1.45. The van der Waals surface area contributed by atoms with Crippen molar-refractivity contribution in [3.05, 3.63) is 10.1 Å². The molecule has 6 heteroatoms. The molecular weight excluding hydrogens is 202 g/mol. The van der Waals surface area contributed by atoms with Crippen LogP contribution in [0.5, 0.6) is 0 Å². The lowest BCUT2D eigenvalue weighted by atomic mass is 9.91. The monoisotopic (exact) mass is 217 g/mol. The minimum atomic E-state index is -1.84. The van der Waals surface area contributed by atoms with E-state index in [-0.39, 0.29) is 13.0 Å². The molecule has 6 nitrogen and oxygen atoms in total. The van der Waals surface area contributed by atoms with Gasteiger partial charge in [0, 0.05) is 24.2 Å². The van der Waals surface area contributed by atoms with Crippen molar-refractivity contribution in [2.75, 3.05) is 6.61 Å². The summed E-state index contributed by atoms with van der Waals surface area (Å²) in [5, 5.41) is 10.8. The molecule has 15 heavy (non-hydrogen) atoms. The number of rotatable bonds is 6. The lowest BCUT2D eigenvalue weighted by molar-refractivity contribution is -0.552. The van der Waals surface area contributed by atoms with Crippen molar-refractivity contribution >= 4 is 12.3 Å². The van der Waals surface area contributed by atoms with Crippen LogP contribution in [0, 0.1) is 16.0 Å². The minimum absolute atomic E-state index is 0.0811. The van der Waals surface area contributed by atoms with Crippen molar-refractivity contribution in [1.82, 2.24) is 0 Å². The van der Waals surface area contributed by atoms with Gasteiger partial charge in [-0.3, -0.25) is 10.1 Å². The van der Waals surface area contributed by atoms with Crippen LogP contribution in [0.1, 0.15) is 27.2 Å². The van der Waals surface area contributed by atoms with E-state index in [1.165, 1.54) is 13.8 Å². The Labute approximate surface area is 87.7 Å². The highest BCUT2D eigenvalue weighted by molar-refractivity contribution is 5.79.